The van der Waals surface area contributed by atoms with E-state index in [9.17, 15) is 5.26 Å². The number of fused-ring (bicyclic) bond motifs is 1. The lowest BCUT2D eigenvalue weighted by Crippen LogP contribution is -2.21. The quantitative estimate of drug-likeness (QED) is 0.862. The van der Waals surface area contributed by atoms with Crippen LogP contribution in [0.3, 0.4) is 0 Å². The Morgan fingerprint density at radius 2 is 2.14 bits per heavy atom. The number of pyridine rings is 1. The van der Waals surface area contributed by atoms with Crippen molar-refractivity contribution >= 4 is 15.9 Å². The first-order chi connectivity index (χ1) is 10.1. The van der Waals surface area contributed by atoms with Crippen LogP contribution in [0.15, 0.2) is 52.6 Å². The summed E-state index contributed by atoms with van der Waals surface area (Å²) in [5.41, 5.74) is 9.21. The maximum Gasteiger partial charge on any atom is 0.205 e. The maximum absolute atomic E-state index is 9.45. The fraction of sp³-hybridized carbons (Fsp3) is 0.125. The number of aryl methyl sites for hydroxylation is 1. The number of hydrogen-bond acceptors (Lipinski definition) is 4. The number of halogens is 1. The summed E-state index contributed by atoms with van der Waals surface area (Å²) in [6.07, 6.45) is 3.55. The molecule has 0 bridgehead atoms. The molecule has 1 aromatic carbocycles. The average molecular weight is 342 g/mol. The van der Waals surface area contributed by atoms with E-state index in [0.717, 1.165) is 21.2 Å². The molecule has 104 valence electrons. The van der Waals surface area contributed by atoms with Gasteiger partial charge < -0.3 is 10.5 Å². The largest absolute Gasteiger partial charge is 0.440 e. The summed E-state index contributed by atoms with van der Waals surface area (Å²) in [4.78, 5) is 4.22. The van der Waals surface area contributed by atoms with Crippen molar-refractivity contribution < 1.29 is 4.74 Å². The molecule has 0 aliphatic carbocycles. The van der Waals surface area contributed by atoms with Gasteiger partial charge in [0.25, 0.3) is 0 Å². The van der Waals surface area contributed by atoms with Crippen LogP contribution >= 0.6 is 15.9 Å². The molecule has 1 aliphatic rings. The molecule has 1 unspecified atom stereocenters. The maximum atomic E-state index is 9.45. The molecule has 0 spiro atoms. The molecule has 4 nitrogen and oxygen atoms in total. The van der Waals surface area contributed by atoms with E-state index < -0.39 is 0 Å². The highest BCUT2D eigenvalue weighted by atomic mass is 79.9. The Balaban J connectivity index is 2.24. The fourth-order valence-corrected chi connectivity index (χ4v) is 2.85. The minimum absolute atomic E-state index is 0.148. The van der Waals surface area contributed by atoms with Gasteiger partial charge in [-0.25, -0.2) is 0 Å². The Labute approximate surface area is 131 Å². The Hall–Kier alpha value is -2.32. The van der Waals surface area contributed by atoms with Crippen LogP contribution in [0.4, 0.5) is 0 Å². The lowest BCUT2D eigenvalue weighted by atomic mass is 9.84. The smallest absolute Gasteiger partial charge is 0.205 e. The molecule has 1 aromatic heterocycles. The van der Waals surface area contributed by atoms with Gasteiger partial charge in [0.2, 0.25) is 5.88 Å². The molecule has 21 heavy (non-hydrogen) atoms. The Kier molecular flexibility index (Phi) is 3.40. The lowest BCUT2D eigenvalue weighted by molar-refractivity contribution is 0.393. The first-order valence-corrected chi connectivity index (χ1v) is 7.18. The molecule has 1 atom stereocenters. The van der Waals surface area contributed by atoms with Gasteiger partial charge in [0.15, 0.2) is 0 Å². The molecule has 0 amide bonds. The van der Waals surface area contributed by atoms with Gasteiger partial charge in [-0.3, -0.25) is 4.98 Å². The minimum atomic E-state index is -0.251. The van der Waals surface area contributed by atoms with Crippen molar-refractivity contribution in [2.24, 2.45) is 5.73 Å². The summed E-state index contributed by atoms with van der Waals surface area (Å²) in [6, 6.07) is 9.90. The van der Waals surface area contributed by atoms with Gasteiger partial charge in [-0.1, -0.05) is 28.1 Å². The van der Waals surface area contributed by atoms with Crippen molar-refractivity contribution in [3.63, 3.8) is 0 Å². The van der Waals surface area contributed by atoms with E-state index in [1.165, 1.54) is 0 Å². The molecule has 0 saturated carbocycles. The highest BCUT2D eigenvalue weighted by Crippen LogP contribution is 2.42. The third-order valence-electron chi connectivity index (χ3n) is 3.41. The molecular formula is C16H12BrN3O. The molecule has 2 aromatic rings. The highest BCUT2D eigenvalue weighted by Gasteiger charge is 2.30. The average Bonchev–Trinajstić information content (AvgIpc) is 2.45. The first-order valence-electron chi connectivity index (χ1n) is 6.38. The van der Waals surface area contributed by atoms with Crippen LogP contribution in [0.25, 0.3) is 0 Å². The second-order valence-corrected chi connectivity index (χ2v) is 5.82. The Morgan fingerprint density at radius 3 is 2.86 bits per heavy atom. The number of allylic oxidation sites excluding steroid dienone is 1. The van der Waals surface area contributed by atoms with Crippen molar-refractivity contribution in [3.05, 3.63) is 69.3 Å². The Morgan fingerprint density at radius 1 is 1.33 bits per heavy atom. The van der Waals surface area contributed by atoms with E-state index >= 15 is 0 Å². The molecule has 0 fully saturated rings. The first kappa shape index (κ1) is 13.7. The van der Waals surface area contributed by atoms with Crippen LogP contribution in [0.2, 0.25) is 0 Å². The van der Waals surface area contributed by atoms with Gasteiger partial charge in [0, 0.05) is 22.4 Å². The lowest BCUT2D eigenvalue weighted by Gasteiger charge is -2.26. The molecule has 3 rings (SSSR count). The number of ether oxygens (including phenoxy) is 1. The van der Waals surface area contributed by atoms with Gasteiger partial charge >= 0.3 is 0 Å². The zero-order chi connectivity index (χ0) is 15.0. The summed E-state index contributed by atoms with van der Waals surface area (Å²) in [7, 11) is 0. The molecule has 2 N–H and O–H groups in total. The van der Waals surface area contributed by atoms with E-state index in [0.29, 0.717) is 11.3 Å². The topological polar surface area (TPSA) is 71.9 Å². The number of nitrogens with zero attached hydrogens (tertiary/aromatic N) is 2. The third kappa shape index (κ3) is 2.39. The van der Waals surface area contributed by atoms with Crippen molar-refractivity contribution in [2.75, 3.05) is 0 Å². The van der Waals surface area contributed by atoms with Crippen molar-refractivity contribution in [3.8, 4) is 11.8 Å². The van der Waals surface area contributed by atoms with Gasteiger partial charge in [-0.05, 0) is 30.2 Å². The fourth-order valence-electron chi connectivity index (χ4n) is 2.51. The van der Waals surface area contributed by atoms with E-state index in [2.05, 4.69) is 27.0 Å². The van der Waals surface area contributed by atoms with Gasteiger partial charge in [-0.15, -0.1) is 0 Å². The molecule has 0 saturated heterocycles. The van der Waals surface area contributed by atoms with E-state index in [4.69, 9.17) is 10.5 Å². The SMILES string of the molecule is Cc1cncc(C2C(C#N)=C(N)Oc3cc(Br)ccc32)c1. The predicted molar refractivity (Wildman–Crippen MR) is 82.4 cm³/mol. The number of benzene rings is 1. The molecule has 1 aliphatic heterocycles. The molecule has 2 heterocycles. The van der Waals surface area contributed by atoms with Gasteiger partial charge in [0.05, 0.1) is 5.92 Å². The van der Waals surface area contributed by atoms with Crippen LogP contribution in [0.1, 0.15) is 22.6 Å². The van der Waals surface area contributed by atoms with E-state index in [1.807, 2.05) is 31.2 Å². The number of rotatable bonds is 1. The van der Waals surface area contributed by atoms with Crippen LogP contribution in [-0.4, -0.2) is 4.98 Å². The van der Waals surface area contributed by atoms with Crippen molar-refractivity contribution in [1.29, 1.82) is 5.26 Å². The second kappa shape index (κ2) is 5.23. The van der Waals surface area contributed by atoms with Crippen LogP contribution in [-0.2, 0) is 0 Å². The summed E-state index contributed by atoms with van der Waals surface area (Å²) in [6.45, 7) is 1.97. The summed E-state index contributed by atoms with van der Waals surface area (Å²) in [5, 5.41) is 9.45. The predicted octanol–water partition coefficient (Wildman–Crippen LogP) is 3.37. The van der Waals surface area contributed by atoms with Crippen LogP contribution in [0.5, 0.6) is 5.75 Å². The summed E-state index contributed by atoms with van der Waals surface area (Å²) in [5.74, 6) is 0.557. The van der Waals surface area contributed by atoms with Crippen molar-refractivity contribution in [2.45, 2.75) is 12.8 Å². The van der Waals surface area contributed by atoms with Gasteiger partial charge in [-0.2, -0.15) is 5.26 Å². The monoisotopic (exact) mass is 341 g/mol. The van der Waals surface area contributed by atoms with Crippen molar-refractivity contribution in [1.82, 2.24) is 4.98 Å². The zero-order valence-electron chi connectivity index (χ0n) is 11.3. The Bertz CT molecular complexity index is 792. The molecule has 5 heteroatoms. The van der Waals surface area contributed by atoms with Crippen LogP contribution < -0.4 is 10.5 Å². The second-order valence-electron chi connectivity index (χ2n) is 4.90. The third-order valence-corrected chi connectivity index (χ3v) is 3.90. The summed E-state index contributed by atoms with van der Waals surface area (Å²) < 4.78 is 6.48. The normalized spacial score (nSPS) is 16.9. The van der Waals surface area contributed by atoms with E-state index in [-0.39, 0.29) is 11.8 Å². The van der Waals surface area contributed by atoms with Crippen LogP contribution in [0, 0.1) is 18.3 Å². The standard InChI is InChI=1S/C16H12BrN3O/c1-9-4-10(8-20-7-9)15-12-3-2-11(17)5-14(12)21-16(19)13(15)6-18/h2-5,7-8,15H,19H2,1H3. The molecule has 0 radical (unpaired) electrons. The number of aromatic nitrogens is 1. The minimum Gasteiger partial charge on any atom is -0.440 e. The number of nitriles is 1. The highest BCUT2D eigenvalue weighted by molar-refractivity contribution is 9.10. The molecular weight excluding hydrogens is 330 g/mol. The zero-order valence-corrected chi connectivity index (χ0v) is 12.9. The summed E-state index contributed by atoms with van der Waals surface area (Å²) >= 11 is 3.42. The van der Waals surface area contributed by atoms with E-state index in [1.54, 1.807) is 12.4 Å². The number of hydrogen-bond donors (Lipinski definition) is 1. The van der Waals surface area contributed by atoms with Gasteiger partial charge in [0.1, 0.15) is 17.4 Å². The number of nitrogens with two attached hydrogens (primary N) is 1.